The van der Waals surface area contributed by atoms with E-state index in [4.69, 9.17) is 0 Å². The number of rotatable bonds is 3. The maximum atomic E-state index is 3.56. The summed E-state index contributed by atoms with van der Waals surface area (Å²) in [6.07, 6.45) is 2.02. The van der Waals surface area contributed by atoms with Gasteiger partial charge in [0.2, 0.25) is 0 Å². The van der Waals surface area contributed by atoms with Gasteiger partial charge >= 0.3 is 0 Å². The normalized spacial score (nSPS) is 10.7. The summed E-state index contributed by atoms with van der Waals surface area (Å²) in [5, 5.41) is 4.76. The summed E-state index contributed by atoms with van der Waals surface area (Å²) in [6, 6.07) is 27.1. The second-order valence-corrected chi connectivity index (χ2v) is 5.28. The van der Waals surface area contributed by atoms with Crippen molar-refractivity contribution in [2.24, 2.45) is 0 Å². The molecule has 0 radical (unpaired) electrons. The van der Waals surface area contributed by atoms with Crippen LogP contribution in [0.4, 0.5) is 11.4 Å². The van der Waals surface area contributed by atoms with E-state index in [1.807, 2.05) is 18.3 Å². The highest BCUT2D eigenvalue weighted by molar-refractivity contribution is 5.95. The number of hydrogen-bond acceptors (Lipinski definition) is 1. The summed E-state index contributed by atoms with van der Waals surface area (Å²) in [5.41, 5.74) is 5.76. The molecule has 0 aliphatic carbocycles. The van der Waals surface area contributed by atoms with Crippen molar-refractivity contribution in [1.82, 2.24) is 4.98 Å². The summed E-state index contributed by atoms with van der Waals surface area (Å²) in [4.78, 5) is 3.31. The molecule has 0 saturated heterocycles. The van der Waals surface area contributed by atoms with Crippen LogP contribution in [0.15, 0.2) is 85.1 Å². The molecule has 0 fully saturated rings. The number of aromatic nitrogens is 1. The molecule has 0 atom stereocenters. The number of aromatic amines is 1. The van der Waals surface area contributed by atoms with Crippen LogP contribution in [0.25, 0.3) is 22.0 Å². The van der Waals surface area contributed by atoms with Crippen LogP contribution in [-0.2, 0) is 0 Å². The minimum Gasteiger partial charge on any atom is -0.359 e. The largest absolute Gasteiger partial charge is 0.359 e. The van der Waals surface area contributed by atoms with Gasteiger partial charge < -0.3 is 10.3 Å². The van der Waals surface area contributed by atoms with Gasteiger partial charge in [0, 0.05) is 28.4 Å². The molecule has 1 aromatic heterocycles. The Bertz CT molecular complexity index is 907. The summed E-state index contributed by atoms with van der Waals surface area (Å²) in [7, 11) is 0. The standard InChI is InChI=1S/C20H16N2/c1-2-8-15(9-3-1)16-10-4-7-13-19(16)22-20-14-21-18-12-6-5-11-17(18)20/h1-14,21-22H. The van der Waals surface area contributed by atoms with Gasteiger partial charge in [-0.3, -0.25) is 0 Å². The Morgan fingerprint density at radius 1 is 0.636 bits per heavy atom. The molecule has 0 spiro atoms. The molecule has 22 heavy (non-hydrogen) atoms. The third-order valence-electron chi connectivity index (χ3n) is 3.87. The zero-order valence-electron chi connectivity index (χ0n) is 12.1. The highest BCUT2D eigenvalue weighted by atomic mass is 14.9. The quantitative estimate of drug-likeness (QED) is 0.505. The van der Waals surface area contributed by atoms with Gasteiger partial charge in [0.15, 0.2) is 0 Å². The maximum absolute atomic E-state index is 3.56. The zero-order chi connectivity index (χ0) is 14.8. The lowest BCUT2D eigenvalue weighted by Crippen LogP contribution is -1.92. The fraction of sp³-hybridized carbons (Fsp3) is 0. The third kappa shape index (κ3) is 2.25. The van der Waals surface area contributed by atoms with Crippen molar-refractivity contribution >= 4 is 22.3 Å². The van der Waals surface area contributed by atoms with Crippen molar-refractivity contribution in [3.8, 4) is 11.1 Å². The third-order valence-corrected chi connectivity index (χ3v) is 3.87. The number of anilines is 2. The summed E-state index contributed by atoms with van der Waals surface area (Å²) in [5.74, 6) is 0. The van der Waals surface area contributed by atoms with Gasteiger partial charge in [0.05, 0.1) is 5.69 Å². The Labute approximate surface area is 129 Å². The average molecular weight is 284 g/mol. The van der Waals surface area contributed by atoms with Crippen LogP contribution in [0.3, 0.4) is 0 Å². The van der Waals surface area contributed by atoms with Crippen LogP contribution in [0, 0.1) is 0 Å². The number of benzene rings is 3. The fourth-order valence-electron chi connectivity index (χ4n) is 2.78. The van der Waals surface area contributed by atoms with E-state index in [-0.39, 0.29) is 0 Å². The van der Waals surface area contributed by atoms with Crippen LogP contribution in [0.2, 0.25) is 0 Å². The molecule has 0 bridgehead atoms. The minimum atomic E-state index is 1.10. The number of para-hydroxylation sites is 2. The van der Waals surface area contributed by atoms with E-state index in [0.717, 1.165) is 16.9 Å². The monoisotopic (exact) mass is 284 g/mol. The van der Waals surface area contributed by atoms with Crippen LogP contribution in [0.5, 0.6) is 0 Å². The van der Waals surface area contributed by atoms with Crippen LogP contribution < -0.4 is 5.32 Å². The molecule has 0 unspecified atom stereocenters. The summed E-state index contributed by atoms with van der Waals surface area (Å²) in [6.45, 7) is 0. The molecule has 0 saturated carbocycles. The molecule has 0 amide bonds. The molecule has 1 heterocycles. The predicted octanol–water partition coefficient (Wildman–Crippen LogP) is 5.58. The molecule has 106 valence electrons. The molecule has 2 heteroatoms. The molecular weight excluding hydrogens is 268 g/mol. The van der Waals surface area contributed by atoms with Crippen LogP contribution >= 0.6 is 0 Å². The first kappa shape index (κ1) is 12.7. The first-order valence-corrected chi connectivity index (χ1v) is 7.39. The fourth-order valence-corrected chi connectivity index (χ4v) is 2.78. The molecule has 3 aromatic carbocycles. The second-order valence-electron chi connectivity index (χ2n) is 5.28. The first-order valence-electron chi connectivity index (χ1n) is 7.39. The lowest BCUT2D eigenvalue weighted by molar-refractivity contribution is 1.46. The van der Waals surface area contributed by atoms with Crippen molar-refractivity contribution in [2.75, 3.05) is 5.32 Å². The van der Waals surface area contributed by atoms with Crippen LogP contribution in [-0.4, -0.2) is 4.98 Å². The topological polar surface area (TPSA) is 27.8 Å². The van der Waals surface area contributed by atoms with Gasteiger partial charge in [-0.2, -0.15) is 0 Å². The summed E-state index contributed by atoms with van der Waals surface area (Å²) >= 11 is 0. The van der Waals surface area contributed by atoms with E-state index in [1.165, 1.54) is 16.5 Å². The number of hydrogen-bond donors (Lipinski definition) is 2. The van der Waals surface area contributed by atoms with Crippen molar-refractivity contribution in [2.45, 2.75) is 0 Å². The molecule has 4 aromatic rings. The SMILES string of the molecule is c1ccc(-c2ccccc2Nc2c[nH]c3ccccc23)cc1. The van der Waals surface area contributed by atoms with Crippen molar-refractivity contribution < 1.29 is 0 Å². The van der Waals surface area contributed by atoms with Gasteiger partial charge in [-0.1, -0.05) is 66.7 Å². The minimum absolute atomic E-state index is 1.10. The van der Waals surface area contributed by atoms with E-state index in [9.17, 15) is 0 Å². The smallest absolute Gasteiger partial charge is 0.0642 e. The van der Waals surface area contributed by atoms with Crippen molar-refractivity contribution in [3.63, 3.8) is 0 Å². The zero-order valence-corrected chi connectivity index (χ0v) is 12.1. The first-order chi connectivity index (χ1) is 10.9. The Hall–Kier alpha value is -3.00. The molecule has 0 aliphatic heterocycles. The maximum Gasteiger partial charge on any atom is 0.0642 e. The highest BCUT2D eigenvalue weighted by Gasteiger charge is 2.07. The van der Waals surface area contributed by atoms with Gasteiger partial charge in [-0.15, -0.1) is 0 Å². The van der Waals surface area contributed by atoms with Gasteiger partial charge in [0.1, 0.15) is 0 Å². The van der Waals surface area contributed by atoms with E-state index in [1.54, 1.807) is 0 Å². The Kier molecular flexibility index (Phi) is 3.13. The number of nitrogens with one attached hydrogen (secondary N) is 2. The summed E-state index contributed by atoms with van der Waals surface area (Å²) < 4.78 is 0. The molecule has 0 aliphatic rings. The number of H-pyrrole nitrogens is 1. The van der Waals surface area contributed by atoms with Crippen LogP contribution in [0.1, 0.15) is 0 Å². The Morgan fingerprint density at radius 3 is 2.27 bits per heavy atom. The lowest BCUT2D eigenvalue weighted by atomic mass is 10.0. The van der Waals surface area contributed by atoms with E-state index < -0.39 is 0 Å². The average Bonchev–Trinajstić information content (AvgIpc) is 2.99. The van der Waals surface area contributed by atoms with E-state index in [2.05, 4.69) is 77.0 Å². The van der Waals surface area contributed by atoms with Crippen molar-refractivity contribution in [3.05, 3.63) is 85.1 Å². The Morgan fingerprint density at radius 2 is 1.36 bits per heavy atom. The molecule has 4 rings (SSSR count). The molecular formula is C20H16N2. The van der Waals surface area contributed by atoms with E-state index in [0.29, 0.717) is 0 Å². The second kappa shape index (κ2) is 5.41. The van der Waals surface area contributed by atoms with Gasteiger partial charge in [-0.05, 0) is 17.7 Å². The number of fused-ring (bicyclic) bond motifs is 1. The highest BCUT2D eigenvalue weighted by Crippen LogP contribution is 2.32. The van der Waals surface area contributed by atoms with Gasteiger partial charge in [-0.25, -0.2) is 0 Å². The molecule has 2 nitrogen and oxygen atoms in total. The lowest BCUT2D eigenvalue weighted by Gasteiger charge is -2.11. The Balaban J connectivity index is 1.78. The van der Waals surface area contributed by atoms with Crippen molar-refractivity contribution in [1.29, 1.82) is 0 Å². The van der Waals surface area contributed by atoms with Gasteiger partial charge in [0.25, 0.3) is 0 Å². The molecule has 2 N–H and O–H groups in total. The predicted molar refractivity (Wildman–Crippen MR) is 93.5 cm³/mol. The van der Waals surface area contributed by atoms with E-state index >= 15 is 0 Å².